The number of carbonyl (C=O) groups is 1. The number of thioether (sulfide) groups is 1. The van der Waals surface area contributed by atoms with Crippen LogP contribution in [0.25, 0.3) is 6.08 Å². The molecule has 2 aromatic carbocycles. The van der Waals surface area contributed by atoms with Crippen molar-refractivity contribution in [3.8, 4) is 0 Å². The van der Waals surface area contributed by atoms with E-state index in [1.807, 2.05) is 30.3 Å². The Balaban J connectivity index is 1.78. The van der Waals surface area contributed by atoms with Gasteiger partial charge in [0.25, 0.3) is 5.91 Å². The van der Waals surface area contributed by atoms with Gasteiger partial charge in [-0.2, -0.15) is 0 Å². The fraction of sp³-hybridized carbons (Fsp3) is 0.111. The summed E-state index contributed by atoms with van der Waals surface area (Å²) in [6, 6.07) is 15.3. The molecule has 2 nitrogen and oxygen atoms in total. The molecule has 0 aromatic heterocycles. The molecule has 122 valence electrons. The maximum absolute atomic E-state index is 12.6. The first-order valence-electron chi connectivity index (χ1n) is 7.29. The molecule has 6 heteroatoms. The number of hydrogen-bond donors (Lipinski definition) is 0. The predicted octanol–water partition coefficient (Wildman–Crippen LogP) is 5.44. The van der Waals surface area contributed by atoms with Crippen LogP contribution in [0.15, 0.2) is 53.4 Å². The van der Waals surface area contributed by atoms with E-state index in [1.54, 1.807) is 29.2 Å². The van der Waals surface area contributed by atoms with Gasteiger partial charge in [0.15, 0.2) is 0 Å². The molecule has 1 fully saturated rings. The first kappa shape index (κ1) is 17.5. The van der Waals surface area contributed by atoms with Crippen molar-refractivity contribution in [3.63, 3.8) is 0 Å². The highest BCUT2D eigenvalue weighted by Crippen LogP contribution is 2.35. The standard InChI is InChI=1S/C18H13Cl2NOS2/c19-14-7-4-8-15(20)13(14)11-16-17(22)21(18(23)24-16)10-9-12-5-2-1-3-6-12/h1-8,11H,9-10H2. The summed E-state index contributed by atoms with van der Waals surface area (Å²) >= 11 is 19.0. The maximum atomic E-state index is 12.6. The lowest BCUT2D eigenvalue weighted by Crippen LogP contribution is -2.30. The zero-order valence-corrected chi connectivity index (χ0v) is 15.7. The van der Waals surface area contributed by atoms with Gasteiger partial charge in [0.1, 0.15) is 4.32 Å². The third-order valence-corrected chi connectivity index (χ3v) is 5.65. The predicted molar refractivity (Wildman–Crippen MR) is 106 cm³/mol. The van der Waals surface area contributed by atoms with Crippen molar-refractivity contribution >= 4 is 63.5 Å². The molecule has 0 radical (unpaired) electrons. The number of halogens is 2. The molecule has 0 saturated carbocycles. The van der Waals surface area contributed by atoms with Crippen molar-refractivity contribution in [3.05, 3.63) is 74.6 Å². The van der Waals surface area contributed by atoms with Crippen LogP contribution in [-0.4, -0.2) is 21.7 Å². The van der Waals surface area contributed by atoms with E-state index in [0.29, 0.717) is 31.4 Å². The van der Waals surface area contributed by atoms with Crippen LogP contribution in [0.1, 0.15) is 11.1 Å². The van der Waals surface area contributed by atoms with Gasteiger partial charge < -0.3 is 0 Å². The fourth-order valence-electron chi connectivity index (χ4n) is 2.36. The van der Waals surface area contributed by atoms with Gasteiger partial charge in [-0.3, -0.25) is 9.69 Å². The van der Waals surface area contributed by atoms with Crippen LogP contribution in [0, 0.1) is 0 Å². The molecule has 1 heterocycles. The van der Waals surface area contributed by atoms with Gasteiger partial charge in [-0.1, -0.05) is 83.6 Å². The van der Waals surface area contributed by atoms with Crippen LogP contribution in [0.4, 0.5) is 0 Å². The van der Waals surface area contributed by atoms with Crippen LogP contribution in [-0.2, 0) is 11.2 Å². The molecule has 0 N–H and O–H groups in total. The quantitative estimate of drug-likeness (QED) is 0.509. The lowest BCUT2D eigenvalue weighted by molar-refractivity contribution is -0.122. The Kier molecular flexibility index (Phi) is 5.61. The van der Waals surface area contributed by atoms with E-state index >= 15 is 0 Å². The summed E-state index contributed by atoms with van der Waals surface area (Å²) in [7, 11) is 0. The number of thiocarbonyl (C=S) groups is 1. The van der Waals surface area contributed by atoms with Crippen molar-refractivity contribution in [2.45, 2.75) is 6.42 Å². The summed E-state index contributed by atoms with van der Waals surface area (Å²) in [5, 5.41) is 1.02. The largest absolute Gasteiger partial charge is 0.293 e. The van der Waals surface area contributed by atoms with Gasteiger partial charge in [-0.15, -0.1) is 0 Å². The second kappa shape index (κ2) is 7.70. The summed E-state index contributed by atoms with van der Waals surface area (Å²) in [6.45, 7) is 0.558. The molecule has 0 aliphatic carbocycles. The maximum Gasteiger partial charge on any atom is 0.266 e. The van der Waals surface area contributed by atoms with E-state index in [0.717, 1.165) is 6.42 Å². The van der Waals surface area contributed by atoms with Gasteiger partial charge in [-0.25, -0.2) is 0 Å². The summed E-state index contributed by atoms with van der Waals surface area (Å²) < 4.78 is 0.561. The van der Waals surface area contributed by atoms with Gasteiger partial charge in [-0.05, 0) is 30.2 Å². The minimum atomic E-state index is -0.100. The second-order valence-electron chi connectivity index (χ2n) is 5.20. The number of hydrogen-bond acceptors (Lipinski definition) is 3. The van der Waals surface area contributed by atoms with Crippen LogP contribution in [0.5, 0.6) is 0 Å². The zero-order chi connectivity index (χ0) is 17.1. The van der Waals surface area contributed by atoms with E-state index in [2.05, 4.69) is 0 Å². The van der Waals surface area contributed by atoms with E-state index in [-0.39, 0.29) is 5.91 Å². The van der Waals surface area contributed by atoms with Crippen molar-refractivity contribution in [1.29, 1.82) is 0 Å². The zero-order valence-electron chi connectivity index (χ0n) is 12.5. The van der Waals surface area contributed by atoms with E-state index in [9.17, 15) is 4.79 Å². The minimum Gasteiger partial charge on any atom is -0.293 e. The lowest BCUT2D eigenvalue weighted by Gasteiger charge is -2.14. The highest BCUT2D eigenvalue weighted by Gasteiger charge is 2.31. The molecule has 24 heavy (non-hydrogen) atoms. The molecule has 3 rings (SSSR count). The van der Waals surface area contributed by atoms with Gasteiger partial charge in [0.2, 0.25) is 0 Å². The fourth-order valence-corrected chi connectivity index (χ4v) is 4.15. The highest BCUT2D eigenvalue weighted by atomic mass is 35.5. The number of nitrogens with zero attached hydrogens (tertiary/aromatic N) is 1. The van der Waals surface area contributed by atoms with Crippen molar-refractivity contribution in [1.82, 2.24) is 4.90 Å². The lowest BCUT2D eigenvalue weighted by atomic mass is 10.1. The molecule has 2 aromatic rings. The Hall–Kier alpha value is -1.33. The first-order chi connectivity index (χ1) is 11.6. The molecule has 1 saturated heterocycles. The average molecular weight is 394 g/mol. The normalized spacial score (nSPS) is 16.2. The van der Waals surface area contributed by atoms with Crippen LogP contribution in [0.2, 0.25) is 10.0 Å². The van der Waals surface area contributed by atoms with E-state index in [4.69, 9.17) is 35.4 Å². The Morgan fingerprint density at radius 3 is 2.38 bits per heavy atom. The summed E-state index contributed by atoms with van der Waals surface area (Å²) in [6.07, 6.45) is 2.47. The molecule has 1 aliphatic rings. The Labute approximate surface area is 160 Å². The molecular formula is C18H13Cl2NOS2. The molecule has 0 bridgehead atoms. The average Bonchev–Trinajstić information content (AvgIpc) is 2.84. The monoisotopic (exact) mass is 393 g/mol. The van der Waals surface area contributed by atoms with E-state index < -0.39 is 0 Å². The van der Waals surface area contributed by atoms with Crippen molar-refractivity contribution < 1.29 is 4.79 Å². The van der Waals surface area contributed by atoms with E-state index in [1.165, 1.54) is 17.3 Å². The Morgan fingerprint density at radius 2 is 1.71 bits per heavy atom. The summed E-state index contributed by atoms with van der Waals surface area (Å²) in [4.78, 5) is 14.8. The Morgan fingerprint density at radius 1 is 1.04 bits per heavy atom. The third kappa shape index (κ3) is 3.83. The molecule has 1 aliphatic heterocycles. The summed E-state index contributed by atoms with van der Waals surface area (Å²) in [5.41, 5.74) is 1.81. The Bertz CT molecular complexity index is 801. The highest BCUT2D eigenvalue weighted by molar-refractivity contribution is 8.26. The second-order valence-corrected chi connectivity index (χ2v) is 7.69. The van der Waals surface area contributed by atoms with Gasteiger partial charge in [0, 0.05) is 22.2 Å². The number of rotatable bonds is 4. The first-order valence-corrected chi connectivity index (χ1v) is 9.27. The van der Waals surface area contributed by atoms with Crippen LogP contribution < -0.4 is 0 Å². The molecular weight excluding hydrogens is 381 g/mol. The topological polar surface area (TPSA) is 20.3 Å². The minimum absolute atomic E-state index is 0.100. The van der Waals surface area contributed by atoms with Gasteiger partial charge >= 0.3 is 0 Å². The molecule has 0 atom stereocenters. The van der Waals surface area contributed by atoms with Crippen molar-refractivity contribution in [2.75, 3.05) is 6.54 Å². The van der Waals surface area contributed by atoms with Gasteiger partial charge in [0.05, 0.1) is 4.91 Å². The van der Waals surface area contributed by atoms with Crippen LogP contribution in [0.3, 0.4) is 0 Å². The molecule has 0 spiro atoms. The number of carbonyl (C=O) groups excluding carboxylic acids is 1. The molecule has 0 unspecified atom stereocenters. The number of benzene rings is 2. The summed E-state index contributed by atoms with van der Waals surface area (Å²) in [5.74, 6) is -0.100. The third-order valence-electron chi connectivity index (χ3n) is 3.62. The SMILES string of the molecule is O=C1C(=Cc2c(Cl)cccc2Cl)SC(=S)N1CCc1ccccc1. The smallest absolute Gasteiger partial charge is 0.266 e. The molecule has 1 amide bonds. The van der Waals surface area contributed by atoms with Crippen LogP contribution >= 0.6 is 47.2 Å². The number of amides is 1. The van der Waals surface area contributed by atoms with Crippen molar-refractivity contribution in [2.24, 2.45) is 0 Å².